The fraction of sp³-hybridized carbons (Fsp3) is 0.172. The predicted octanol–water partition coefficient (Wildman–Crippen LogP) is 8.69. The third-order valence-corrected chi connectivity index (χ3v) is 5.24. The monoisotopic (exact) mass is 394 g/mol. The summed E-state index contributed by atoms with van der Waals surface area (Å²) in [5.74, 6) is 1.66. The Morgan fingerprint density at radius 2 is 1.77 bits per heavy atom. The van der Waals surface area contributed by atoms with Crippen molar-refractivity contribution in [2.24, 2.45) is 0 Å². The standard InChI is InChI=1S/C29H30O/c1-5-23(6-2)27(19-17-22(3)4)29-21-26(30-25-15-11-8-12-16-25)18-20-28(29)24-13-9-7-10-14-24/h5-9,11-13,15-16,18,20-21H,1-3,10,14,17,19H2,4H3. The Morgan fingerprint density at radius 3 is 2.40 bits per heavy atom. The molecule has 0 atom stereocenters. The summed E-state index contributed by atoms with van der Waals surface area (Å²) in [6.45, 7) is 14.2. The molecule has 0 aromatic heterocycles. The molecule has 0 heterocycles. The second kappa shape index (κ2) is 10.5. The molecule has 2 aromatic carbocycles. The number of allylic oxidation sites excluding steroid dienone is 9. The van der Waals surface area contributed by atoms with E-state index in [9.17, 15) is 0 Å². The molecule has 1 aliphatic carbocycles. The molecule has 1 nitrogen and oxygen atoms in total. The van der Waals surface area contributed by atoms with Gasteiger partial charge in [-0.1, -0.05) is 73.4 Å². The summed E-state index contributed by atoms with van der Waals surface area (Å²) in [6.07, 6.45) is 14.3. The van der Waals surface area contributed by atoms with Crippen molar-refractivity contribution >= 4 is 11.1 Å². The quantitative estimate of drug-likeness (QED) is 0.305. The van der Waals surface area contributed by atoms with Gasteiger partial charge in [0.05, 0.1) is 0 Å². The Balaban J connectivity index is 2.13. The van der Waals surface area contributed by atoms with E-state index in [1.54, 1.807) is 0 Å². The summed E-state index contributed by atoms with van der Waals surface area (Å²) >= 11 is 0. The van der Waals surface area contributed by atoms with E-state index < -0.39 is 0 Å². The van der Waals surface area contributed by atoms with Crippen molar-refractivity contribution in [2.75, 3.05) is 0 Å². The minimum atomic E-state index is 0.826. The lowest BCUT2D eigenvalue weighted by atomic mass is 9.86. The van der Waals surface area contributed by atoms with Gasteiger partial charge in [-0.25, -0.2) is 0 Å². The summed E-state index contributed by atoms with van der Waals surface area (Å²) in [6, 6.07) is 16.3. The first-order chi connectivity index (χ1) is 14.6. The van der Waals surface area contributed by atoms with Crippen molar-refractivity contribution in [1.82, 2.24) is 0 Å². The minimum Gasteiger partial charge on any atom is -0.457 e. The second-order valence-corrected chi connectivity index (χ2v) is 7.58. The molecule has 0 N–H and O–H groups in total. The normalized spacial score (nSPS) is 12.6. The molecular weight excluding hydrogens is 364 g/mol. The van der Waals surface area contributed by atoms with Crippen LogP contribution in [0.25, 0.3) is 11.1 Å². The summed E-state index contributed by atoms with van der Waals surface area (Å²) in [5, 5.41) is 0. The van der Waals surface area contributed by atoms with Crippen LogP contribution in [0.4, 0.5) is 0 Å². The van der Waals surface area contributed by atoms with Crippen LogP contribution in [0, 0.1) is 0 Å². The highest BCUT2D eigenvalue weighted by atomic mass is 16.5. The van der Waals surface area contributed by atoms with Gasteiger partial charge in [-0.15, -0.1) is 6.58 Å². The van der Waals surface area contributed by atoms with Crippen LogP contribution in [0.5, 0.6) is 11.5 Å². The van der Waals surface area contributed by atoms with Gasteiger partial charge in [0.1, 0.15) is 11.5 Å². The van der Waals surface area contributed by atoms with E-state index in [0.717, 1.165) is 48.3 Å². The number of benzene rings is 2. The number of ether oxygens (including phenoxy) is 1. The minimum absolute atomic E-state index is 0.826. The fourth-order valence-electron chi connectivity index (χ4n) is 3.67. The van der Waals surface area contributed by atoms with E-state index >= 15 is 0 Å². The van der Waals surface area contributed by atoms with Gasteiger partial charge in [0.15, 0.2) is 0 Å². The molecule has 0 spiro atoms. The van der Waals surface area contributed by atoms with Gasteiger partial charge in [-0.3, -0.25) is 0 Å². The maximum atomic E-state index is 6.16. The van der Waals surface area contributed by atoms with Crippen molar-refractivity contribution in [1.29, 1.82) is 0 Å². The van der Waals surface area contributed by atoms with E-state index in [2.05, 4.69) is 63.1 Å². The maximum absolute atomic E-state index is 6.16. The number of para-hydroxylation sites is 1. The van der Waals surface area contributed by atoms with Gasteiger partial charge < -0.3 is 4.74 Å². The summed E-state index contributed by atoms with van der Waals surface area (Å²) in [5.41, 5.74) is 7.23. The molecule has 0 bridgehead atoms. The molecule has 0 fully saturated rings. The Kier molecular flexibility index (Phi) is 7.45. The van der Waals surface area contributed by atoms with E-state index in [4.69, 9.17) is 4.74 Å². The van der Waals surface area contributed by atoms with Crippen LogP contribution in [0.2, 0.25) is 0 Å². The van der Waals surface area contributed by atoms with Crippen LogP contribution in [-0.4, -0.2) is 0 Å². The summed E-state index contributed by atoms with van der Waals surface area (Å²) < 4.78 is 6.16. The molecule has 1 aliphatic rings. The molecule has 3 rings (SSSR count). The van der Waals surface area contributed by atoms with Gasteiger partial charge in [0.2, 0.25) is 0 Å². The smallest absolute Gasteiger partial charge is 0.128 e. The average Bonchev–Trinajstić information content (AvgIpc) is 2.78. The van der Waals surface area contributed by atoms with E-state index in [-0.39, 0.29) is 0 Å². The van der Waals surface area contributed by atoms with Crippen LogP contribution in [0.15, 0.2) is 110 Å². The highest BCUT2D eigenvalue weighted by molar-refractivity contribution is 5.84. The van der Waals surface area contributed by atoms with Gasteiger partial charge in [-0.05, 0) is 84.7 Å². The Hall–Kier alpha value is -3.32. The van der Waals surface area contributed by atoms with Crippen molar-refractivity contribution in [3.8, 4) is 11.5 Å². The first-order valence-electron chi connectivity index (χ1n) is 10.5. The molecule has 30 heavy (non-hydrogen) atoms. The third-order valence-electron chi connectivity index (χ3n) is 5.24. The molecule has 1 heteroatoms. The molecule has 0 aliphatic heterocycles. The van der Waals surface area contributed by atoms with Gasteiger partial charge in [0.25, 0.3) is 0 Å². The third kappa shape index (κ3) is 5.39. The number of hydrogen-bond donors (Lipinski definition) is 0. The lowest BCUT2D eigenvalue weighted by Gasteiger charge is -2.20. The van der Waals surface area contributed by atoms with Crippen molar-refractivity contribution in [3.63, 3.8) is 0 Å². The maximum Gasteiger partial charge on any atom is 0.128 e. The lowest BCUT2D eigenvalue weighted by molar-refractivity contribution is 0.482. The van der Waals surface area contributed by atoms with Crippen LogP contribution < -0.4 is 4.74 Å². The summed E-state index contributed by atoms with van der Waals surface area (Å²) in [7, 11) is 0. The highest BCUT2D eigenvalue weighted by Crippen LogP contribution is 2.38. The summed E-state index contributed by atoms with van der Waals surface area (Å²) in [4.78, 5) is 0. The zero-order chi connectivity index (χ0) is 21.3. The Labute approximate surface area is 181 Å². The van der Waals surface area contributed by atoms with Crippen LogP contribution in [0.1, 0.15) is 43.7 Å². The van der Waals surface area contributed by atoms with Crippen LogP contribution in [0.3, 0.4) is 0 Å². The van der Waals surface area contributed by atoms with E-state index in [0.29, 0.717) is 0 Å². The van der Waals surface area contributed by atoms with Crippen molar-refractivity contribution in [3.05, 3.63) is 121 Å². The SMILES string of the molecule is C=CC(C=C)=C(CCC(=C)C)c1cc(Oc2ccccc2)ccc1C1=CC=CCC1. The first-order valence-corrected chi connectivity index (χ1v) is 10.5. The topological polar surface area (TPSA) is 9.23 Å². The molecule has 0 radical (unpaired) electrons. The van der Waals surface area contributed by atoms with E-state index in [1.165, 1.54) is 22.3 Å². The molecule has 0 saturated heterocycles. The number of hydrogen-bond acceptors (Lipinski definition) is 1. The fourth-order valence-corrected chi connectivity index (χ4v) is 3.67. The zero-order valence-electron chi connectivity index (χ0n) is 17.9. The molecular formula is C29H30O. The lowest BCUT2D eigenvalue weighted by Crippen LogP contribution is -1.99. The average molecular weight is 395 g/mol. The first kappa shape index (κ1) is 21.4. The van der Waals surface area contributed by atoms with Gasteiger partial charge in [-0.2, -0.15) is 0 Å². The Morgan fingerprint density at radius 1 is 1.00 bits per heavy atom. The molecule has 0 unspecified atom stereocenters. The zero-order valence-corrected chi connectivity index (χ0v) is 17.9. The molecule has 0 saturated carbocycles. The predicted molar refractivity (Wildman–Crippen MR) is 131 cm³/mol. The van der Waals surface area contributed by atoms with Gasteiger partial charge >= 0.3 is 0 Å². The highest BCUT2D eigenvalue weighted by Gasteiger charge is 2.16. The van der Waals surface area contributed by atoms with Crippen LogP contribution >= 0.6 is 0 Å². The van der Waals surface area contributed by atoms with Crippen molar-refractivity contribution < 1.29 is 4.74 Å². The number of rotatable bonds is 9. The molecule has 152 valence electrons. The van der Waals surface area contributed by atoms with Crippen molar-refractivity contribution in [2.45, 2.75) is 32.6 Å². The molecule has 2 aromatic rings. The second-order valence-electron chi connectivity index (χ2n) is 7.58. The Bertz CT molecular complexity index is 1010. The van der Waals surface area contributed by atoms with Gasteiger partial charge in [0, 0.05) is 0 Å². The van der Waals surface area contributed by atoms with E-state index in [1.807, 2.05) is 42.5 Å². The van der Waals surface area contributed by atoms with Crippen LogP contribution in [-0.2, 0) is 0 Å². The largest absolute Gasteiger partial charge is 0.457 e. The molecule has 0 amide bonds.